The molecule has 1 atom stereocenters. The zero-order valence-corrected chi connectivity index (χ0v) is 18.2. The molecule has 1 N–H and O–H groups in total. The third-order valence-corrected chi connectivity index (χ3v) is 5.51. The fourth-order valence-electron chi connectivity index (χ4n) is 3.73. The van der Waals surface area contributed by atoms with Crippen LogP contribution in [0.5, 0.6) is 0 Å². The van der Waals surface area contributed by atoms with Crippen LogP contribution in [0.2, 0.25) is 0 Å². The van der Waals surface area contributed by atoms with Gasteiger partial charge in [-0.2, -0.15) is 31.4 Å². The number of aryl methyl sites for hydroxylation is 1. The van der Waals surface area contributed by atoms with E-state index in [-0.39, 0.29) is 16.9 Å². The van der Waals surface area contributed by atoms with Crippen LogP contribution in [0.4, 0.5) is 32.2 Å². The summed E-state index contributed by atoms with van der Waals surface area (Å²) in [5.41, 5.74) is -2.21. The SMILES string of the molecule is Cc1ccc(N2C(=O)C(=O)/C(=C(\O)c3ccc(C(F)(F)F)cc3)C2c2ccc(C(F)(F)F)cc2)nn1. The van der Waals surface area contributed by atoms with Crippen LogP contribution < -0.4 is 4.90 Å². The number of aromatic nitrogens is 2. The first-order valence-electron chi connectivity index (χ1n) is 10.2. The Bertz CT molecular complexity index is 1350. The maximum atomic E-state index is 13.1. The molecule has 12 heteroatoms. The Kier molecular flexibility index (Phi) is 6.07. The van der Waals surface area contributed by atoms with Crippen molar-refractivity contribution in [3.63, 3.8) is 0 Å². The molecule has 1 fully saturated rings. The molecule has 1 unspecified atom stereocenters. The van der Waals surface area contributed by atoms with E-state index in [9.17, 15) is 41.0 Å². The molecule has 2 aromatic carbocycles. The van der Waals surface area contributed by atoms with E-state index in [0.29, 0.717) is 17.8 Å². The number of Topliss-reactive ketones (excluding diaryl/α,β-unsaturated/α-hetero) is 1. The predicted octanol–water partition coefficient (Wildman–Crippen LogP) is 5.45. The number of aliphatic hydroxyl groups is 1. The molecule has 186 valence electrons. The summed E-state index contributed by atoms with van der Waals surface area (Å²) < 4.78 is 78.0. The van der Waals surface area contributed by atoms with Gasteiger partial charge in [-0.1, -0.05) is 24.3 Å². The smallest absolute Gasteiger partial charge is 0.416 e. The summed E-state index contributed by atoms with van der Waals surface area (Å²) in [4.78, 5) is 26.8. The fraction of sp³-hybridized carbons (Fsp3) is 0.167. The monoisotopic (exact) mass is 507 g/mol. The molecule has 1 aliphatic rings. The van der Waals surface area contributed by atoms with Gasteiger partial charge in [0.2, 0.25) is 0 Å². The summed E-state index contributed by atoms with van der Waals surface area (Å²) in [6.07, 6.45) is -9.30. The van der Waals surface area contributed by atoms with Gasteiger partial charge in [0.05, 0.1) is 28.4 Å². The molecule has 0 saturated carbocycles. The van der Waals surface area contributed by atoms with Gasteiger partial charge in [0.25, 0.3) is 5.78 Å². The van der Waals surface area contributed by atoms with Crippen LogP contribution in [0, 0.1) is 6.92 Å². The third-order valence-electron chi connectivity index (χ3n) is 5.51. The lowest BCUT2D eigenvalue weighted by atomic mass is 9.94. The number of ketones is 1. The number of halogens is 6. The van der Waals surface area contributed by atoms with E-state index in [1.165, 1.54) is 12.1 Å². The van der Waals surface area contributed by atoms with Crippen molar-refractivity contribution in [1.82, 2.24) is 10.2 Å². The minimum absolute atomic E-state index is 0.0260. The van der Waals surface area contributed by atoms with Gasteiger partial charge in [-0.05, 0) is 48.9 Å². The van der Waals surface area contributed by atoms with Crippen LogP contribution in [0.15, 0.2) is 66.2 Å². The summed E-state index contributed by atoms with van der Waals surface area (Å²) >= 11 is 0. The van der Waals surface area contributed by atoms with E-state index in [0.717, 1.165) is 41.3 Å². The second-order valence-electron chi connectivity index (χ2n) is 7.90. The highest BCUT2D eigenvalue weighted by Gasteiger charge is 2.48. The molecule has 1 saturated heterocycles. The molecule has 2 heterocycles. The van der Waals surface area contributed by atoms with Gasteiger partial charge < -0.3 is 5.11 Å². The first kappa shape index (κ1) is 24.9. The number of hydrogen-bond acceptors (Lipinski definition) is 5. The van der Waals surface area contributed by atoms with Crippen molar-refractivity contribution in [2.75, 3.05) is 4.90 Å². The lowest BCUT2D eigenvalue weighted by Gasteiger charge is -2.24. The molecule has 0 aliphatic carbocycles. The number of benzene rings is 2. The number of aliphatic hydroxyl groups excluding tert-OH is 1. The molecular weight excluding hydrogens is 492 g/mol. The lowest BCUT2D eigenvalue weighted by Crippen LogP contribution is -2.30. The van der Waals surface area contributed by atoms with Crippen molar-refractivity contribution in [2.45, 2.75) is 25.3 Å². The Morgan fingerprint density at radius 3 is 1.81 bits per heavy atom. The number of hydrogen-bond donors (Lipinski definition) is 1. The number of rotatable bonds is 3. The van der Waals surface area contributed by atoms with Crippen molar-refractivity contribution >= 4 is 23.3 Å². The zero-order chi connectivity index (χ0) is 26.4. The standard InChI is InChI=1S/C24H15F6N3O3/c1-12-2-11-17(32-31-12)33-19(13-3-7-15(8-4-13)23(25,26)27)18(21(35)22(33)36)20(34)14-5-9-16(10-6-14)24(28,29)30/h2-11,19,34H,1H3/b20-18-. The third kappa shape index (κ3) is 4.53. The fourth-order valence-corrected chi connectivity index (χ4v) is 3.73. The van der Waals surface area contributed by atoms with Gasteiger partial charge in [0.15, 0.2) is 5.82 Å². The summed E-state index contributed by atoms with van der Waals surface area (Å²) in [6.45, 7) is 1.61. The van der Waals surface area contributed by atoms with E-state index in [1.807, 2.05) is 0 Å². The highest BCUT2D eigenvalue weighted by Crippen LogP contribution is 2.42. The highest BCUT2D eigenvalue weighted by molar-refractivity contribution is 6.51. The number of nitrogens with zero attached hydrogens (tertiary/aromatic N) is 3. The van der Waals surface area contributed by atoms with Gasteiger partial charge >= 0.3 is 18.3 Å². The largest absolute Gasteiger partial charge is 0.507 e. The highest BCUT2D eigenvalue weighted by atomic mass is 19.4. The van der Waals surface area contributed by atoms with Crippen LogP contribution in [0.1, 0.15) is 34.0 Å². The average molecular weight is 507 g/mol. The number of alkyl halides is 6. The van der Waals surface area contributed by atoms with E-state index in [4.69, 9.17) is 0 Å². The van der Waals surface area contributed by atoms with Crippen molar-refractivity contribution < 1.29 is 41.0 Å². The minimum atomic E-state index is -4.65. The number of amides is 1. The summed E-state index contributed by atoms with van der Waals surface area (Å²) in [6, 6.07) is 8.19. The molecule has 3 aromatic rings. The predicted molar refractivity (Wildman–Crippen MR) is 114 cm³/mol. The van der Waals surface area contributed by atoms with E-state index in [1.54, 1.807) is 6.92 Å². The summed E-state index contributed by atoms with van der Waals surface area (Å²) in [5, 5.41) is 18.6. The second kappa shape index (κ2) is 8.77. The molecule has 1 aromatic heterocycles. The van der Waals surface area contributed by atoms with Gasteiger partial charge in [-0.3, -0.25) is 14.5 Å². The van der Waals surface area contributed by atoms with E-state index >= 15 is 0 Å². The Labute approximate surface area is 199 Å². The normalized spacial score (nSPS) is 18.1. The number of anilines is 1. The van der Waals surface area contributed by atoms with Crippen LogP contribution >= 0.6 is 0 Å². The van der Waals surface area contributed by atoms with Crippen molar-refractivity contribution in [3.05, 3.63) is 94.2 Å². The number of carbonyl (C=O) groups is 2. The maximum absolute atomic E-state index is 13.1. The zero-order valence-electron chi connectivity index (χ0n) is 18.2. The Balaban J connectivity index is 1.89. The van der Waals surface area contributed by atoms with Crippen LogP contribution in [-0.2, 0) is 21.9 Å². The molecule has 0 bridgehead atoms. The summed E-state index contributed by atoms with van der Waals surface area (Å²) in [7, 11) is 0. The molecule has 4 rings (SSSR count). The van der Waals surface area contributed by atoms with Crippen LogP contribution in [0.3, 0.4) is 0 Å². The van der Waals surface area contributed by atoms with E-state index in [2.05, 4.69) is 10.2 Å². The quantitative estimate of drug-likeness (QED) is 0.221. The first-order chi connectivity index (χ1) is 16.8. The van der Waals surface area contributed by atoms with Crippen LogP contribution in [-0.4, -0.2) is 27.0 Å². The second-order valence-corrected chi connectivity index (χ2v) is 7.90. The van der Waals surface area contributed by atoms with Gasteiger partial charge in [-0.25, -0.2) is 0 Å². The molecular formula is C24H15F6N3O3. The maximum Gasteiger partial charge on any atom is 0.416 e. The van der Waals surface area contributed by atoms with Gasteiger partial charge in [-0.15, -0.1) is 5.10 Å². The van der Waals surface area contributed by atoms with Crippen molar-refractivity contribution in [1.29, 1.82) is 0 Å². The minimum Gasteiger partial charge on any atom is -0.507 e. The molecule has 6 nitrogen and oxygen atoms in total. The van der Waals surface area contributed by atoms with Crippen molar-refractivity contribution in [2.24, 2.45) is 0 Å². The molecule has 0 radical (unpaired) electrons. The van der Waals surface area contributed by atoms with Gasteiger partial charge in [0.1, 0.15) is 5.76 Å². The molecule has 1 amide bonds. The topological polar surface area (TPSA) is 83.4 Å². The summed E-state index contributed by atoms with van der Waals surface area (Å²) in [5.74, 6) is -3.25. The Hall–Kier alpha value is -4.22. The van der Waals surface area contributed by atoms with Gasteiger partial charge in [0, 0.05) is 5.56 Å². The van der Waals surface area contributed by atoms with Crippen molar-refractivity contribution in [3.8, 4) is 0 Å². The molecule has 0 spiro atoms. The molecule has 1 aliphatic heterocycles. The first-order valence-corrected chi connectivity index (χ1v) is 10.2. The van der Waals surface area contributed by atoms with E-state index < -0.39 is 52.5 Å². The number of carbonyl (C=O) groups excluding carboxylic acids is 2. The lowest BCUT2D eigenvalue weighted by molar-refractivity contribution is -0.138. The molecule has 36 heavy (non-hydrogen) atoms. The Morgan fingerprint density at radius 2 is 1.33 bits per heavy atom. The average Bonchev–Trinajstić information content (AvgIpc) is 3.09. The van der Waals surface area contributed by atoms with Crippen LogP contribution in [0.25, 0.3) is 5.76 Å². The Morgan fingerprint density at radius 1 is 0.806 bits per heavy atom.